The van der Waals surface area contributed by atoms with Crippen LogP contribution < -0.4 is 5.32 Å². The van der Waals surface area contributed by atoms with Crippen molar-refractivity contribution in [1.29, 1.82) is 0 Å². The molecular weight excluding hydrogens is 226 g/mol. The zero-order valence-electron chi connectivity index (χ0n) is 9.35. The third kappa shape index (κ3) is 2.96. The van der Waals surface area contributed by atoms with Crippen molar-refractivity contribution in [3.05, 3.63) is 11.7 Å². The van der Waals surface area contributed by atoms with Gasteiger partial charge in [-0.3, -0.25) is 0 Å². The van der Waals surface area contributed by atoms with E-state index in [1.165, 1.54) is 0 Å². The predicted octanol–water partition coefficient (Wildman–Crippen LogP) is 1.11. The Balaban J connectivity index is 1.87. The van der Waals surface area contributed by atoms with Crippen LogP contribution in [0.2, 0.25) is 0 Å². The van der Waals surface area contributed by atoms with Gasteiger partial charge in [-0.2, -0.15) is 16.7 Å². The average molecular weight is 243 g/mol. The standard InChI is InChI=1S/C10H17N3O2S/c1-2-3-16-6-9-12-10(15-13-9)8-4-7(14)5-11-8/h7-8,11,14H,2-6H2,1H3/t7-,8+/m1/s1. The fourth-order valence-corrected chi connectivity index (χ4v) is 2.41. The van der Waals surface area contributed by atoms with E-state index in [2.05, 4.69) is 22.4 Å². The van der Waals surface area contributed by atoms with Crippen LogP contribution in [0.25, 0.3) is 0 Å². The highest BCUT2D eigenvalue weighted by Crippen LogP contribution is 2.22. The Morgan fingerprint density at radius 3 is 3.19 bits per heavy atom. The number of aromatic nitrogens is 2. The van der Waals surface area contributed by atoms with Crippen LogP contribution >= 0.6 is 11.8 Å². The second-order valence-corrected chi connectivity index (χ2v) is 5.06. The van der Waals surface area contributed by atoms with E-state index in [0.29, 0.717) is 18.9 Å². The first-order valence-electron chi connectivity index (χ1n) is 5.61. The molecule has 0 bridgehead atoms. The van der Waals surface area contributed by atoms with Gasteiger partial charge in [-0.1, -0.05) is 12.1 Å². The van der Waals surface area contributed by atoms with Crippen molar-refractivity contribution in [2.24, 2.45) is 0 Å². The number of hydrogen-bond acceptors (Lipinski definition) is 6. The Morgan fingerprint density at radius 2 is 2.50 bits per heavy atom. The summed E-state index contributed by atoms with van der Waals surface area (Å²) in [6, 6.07) is 0.0208. The Hall–Kier alpha value is -0.590. The van der Waals surface area contributed by atoms with Gasteiger partial charge in [0.2, 0.25) is 5.89 Å². The molecule has 1 fully saturated rings. The molecule has 0 aliphatic carbocycles. The summed E-state index contributed by atoms with van der Waals surface area (Å²) in [4.78, 5) is 4.33. The van der Waals surface area contributed by atoms with Gasteiger partial charge in [-0.25, -0.2) is 0 Å². The fraction of sp³-hybridized carbons (Fsp3) is 0.800. The zero-order valence-corrected chi connectivity index (χ0v) is 10.2. The lowest BCUT2D eigenvalue weighted by Crippen LogP contribution is -2.15. The van der Waals surface area contributed by atoms with Crippen LogP contribution in [0.4, 0.5) is 0 Å². The summed E-state index contributed by atoms with van der Waals surface area (Å²) >= 11 is 1.81. The molecule has 1 aliphatic heterocycles. The fourth-order valence-electron chi connectivity index (χ4n) is 1.68. The SMILES string of the molecule is CCCSCc1noc([C@@H]2C[C@@H](O)CN2)n1. The highest BCUT2D eigenvalue weighted by Gasteiger charge is 2.27. The van der Waals surface area contributed by atoms with E-state index in [0.717, 1.165) is 23.8 Å². The van der Waals surface area contributed by atoms with Crippen molar-refractivity contribution in [1.82, 2.24) is 15.5 Å². The van der Waals surface area contributed by atoms with Crippen molar-refractivity contribution in [2.75, 3.05) is 12.3 Å². The minimum atomic E-state index is -0.296. The number of rotatable bonds is 5. The number of thioether (sulfide) groups is 1. The topological polar surface area (TPSA) is 71.2 Å². The van der Waals surface area contributed by atoms with E-state index in [4.69, 9.17) is 4.52 Å². The second-order valence-electron chi connectivity index (χ2n) is 3.95. The van der Waals surface area contributed by atoms with Crippen molar-refractivity contribution >= 4 is 11.8 Å². The molecule has 0 spiro atoms. The number of nitrogens with one attached hydrogen (secondary N) is 1. The summed E-state index contributed by atoms with van der Waals surface area (Å²) < 4.78 is 5.18. The Morgan fingerprint density at radius 1 is 1.62 bits per heavy atom. The summed E-state index contributed by atoms with van der Waals surface area (Å²) in [5.74, 6) is 3.26. The molecule has 1 aromatic rings. The molecule has 2 N–H and O–H groups in total. The first-order chi connectivity index (χ1) is 7.79. The Labute approximate surface area is 99.0 Å². The Kier molecular flexibility index (Phi) is 4.20. The minimum Gasteiger partial charge on any atom is -0.392 e. The quantitative estimate of drug-likeness (QED) is 0.755. The van der Waals surface area contributed by atoms with Gasteiger partial charge in [-0.05, 0) is 18.6 Å². The molecule has 1 saturated heterocycles. The van der Waals surface area contributed by atoms with Crippen LogP contribution in [0.3, 0.4) is 0 Å². The van der Waals surface area contributed by atoms with Crippen molar-refractivity contribution < 1.29 is 9.63 Å². The second kappa shape index (κ2) is 5.65. The molecule has 0 saturated carbocycles. The van der Waals surface area contributed by atoms with E-state index in [1.807, 2.05) is 11.8 Å². The lowest BCUT2D eigenvalue weighted by molar-refractivity contribution is 0.191. The summed E-state index contributed by atoms with van der Waals surface area (Å²) in [5.41, 5.74) is 0. The number of hydrogen-bond donors (Lipinski definition) is 2. The number of aliphatic hydroxyl groups is 1. The van der Waals surface area contributed by atoms with E-state index in [-0.39, 0.29) is 12.1 Å². The van der Waals surface area contributed by atoms with Gasteiger partial charge in [0.05, 0.1) is 17.9 Å². The van der Waals surface area contributed by atoms with E-state index in [9.17, 15) is 5.11 Å². The monoisotopic (exact) mass is 243 g/mol. The Bertz CT molecular complexity index is 332. The maximum absolute atomic E-state index is 9.38. The summed E-state index contributed by atoms with van der Waals surface area (Å²) in [5, 5.41) is 16.5. The van der Waals surface area contributed by atoms with Gasteiger partial charge in [0.25, 0.3) is 0 Å². The summed E-state index contributed by atoms with van der Waals surface area (Å²) in [6.45, 7) is 2.76. The normalized spacial score (nSPS) is 25.1. The van der Waals surface area contributed by atoms with Gasteiger partial charge < -0.3 is 14.9 Å². The van der Waals surface area contributed by atoms with Crippen LogP contribution in [0.15, 0.2) is 4.52 Å². The molecule has 1 aromatic heterocycles. The first-order valence-corrected chi connectivity index (χ1v) is 6.76. The molecule has 1 aliphatic rings. The highest BCUT2D eigenvalue weighted by molar-refractivity contribution is 7.98. The van der Waals surface area contributed by atoms with Gasteiger partial charge in [0.15, 0.2) is 5.82 Å². The third-order valence-electron chi connectivity index (χ3n) is 2.47. The molecule has 2 rings (SSSR count). The number of aliphatic hydroxyl groups excluding tert-OH is 1. The van der Waals surface area contributed by atoms with Crippen LogP contribution in [0.5, 0.6) is 0 Å². The molecular formula is C10H17N3O2S. The van der Waals surface area contributed by atoms with E-state index in [1.54, 1.807) is 0 Å². The maximum atomic E-state index is 9.38. The smallest absolute Gasteiger partial charge is 0.243 e. The van der Waals surface area contributed by atoms with Gasteiger partial charge in [0, 0.05) is 6.54 Å². The molecule has 0 unspecified atom stereocenters. The maximum Gasteiger partial charge on any atom is 0.243 e. The number of β-amino-alcohol motifs (C(OH)–C–C–N with tert-alkyl or cyclic N) is 1. The molecule has 2 atom stereocenters. The molecule has 0 aromatic carbocycles. The van der Waals surface area contributed by atoms with Crippen molar-refractivity contribution in [2.45, 2.75) is 37.7 Å². The molecule has 0 radical (unpaired) electrons. The average Bonchev–Trinajstić information content (AvgIpc) is 2.87. The van der Waals surface area contributed by atoms with E-state index >= 15 is 0 Å². The van der Waals surface area contributed by atoms with Crippen molar-refractivity contribution in [3.63, 3.8) is 0 Å². The van der Waals surface area contributed by atoms with Crippen LogP contribution in [0.1, 0.15) is 37.5 Å². The number of nitrogens with zero attached hydrogens (tertiary/aromatic N) is 2. The summed E-state index contributed by atoms with van der Waals surface area (Å²) in [7, 11) is 0. The highest BCUT2D eigenvalue weighted by atomic mass is 32.2. The minimum absolute atomic E-state index is 0.0208. The van der Waals surface area contributed by atoms with Gasteiger partial charge >= 0.3 is 0 Å². The molecule has 2 heterocycles. The summed E-state index contributed by atoms with van der Waals surface area (Å²) in [6.07, 6.45) is 1.52. The molecule has 16 heavy (non-hydrogen) atoms. The lowest BCUT2D eigenvalue weighted by atomic mass is 10.2. The molecule has 5 nitrogen and oxygen atoms in total. The van der Waals surface area contributed by atoms with Crippen LogP contribution in [-0.2, 0) is 5.75 Å². The van der Waals surface area contributed by atoms with Gasteiger partial charge in [-0.15, -0.1) is 0 Å². The largest absolute Gasteiger partial charge is 0.392 e. The molecule has 6 heteroatoms. The molecule has 90 valence electrons. The molecule has 0 amide bonds. The predicted molar refractivity (Wildman–Crippen MR) is 62.1 cm³/mol. The van der Waals surface area contributed by atoms with E-state index < -0.39 is 0 Å². The van der Waals surface area contributed by atoms with Crippen molar-refractivity contribution in [3.8, 4) is 0 Å². The van der Waals surface area contributed by atoms with Gasteiger partial charge in [0.1, 0.15) is 0 Å². The van der Waals surface area contributed by atoms with Crippen LogP contribution in [-0.4, -0.2) is 33.6 Å². The third-order valence-corrected chi connectivity index (χ3v) is 3.63. The lowest BCUT2D eigenvalue weighted by Gasteiger charge is -2.01. The first kappa shape index (κ1) is 11.9. The zero-order chi connectivity index (χ0) is 11.4. The van der Waals surface area contributed by atoms with Crippen LogP contribution in [0, 0.1) is 0 Å².